The van der Waals surface area contributed by atoms with Gasteiger partial charge in [-0.3, -0.25) is 0 Å². The van der Waals surface area contributed by atoms with Crippen molar-refractivity contribution in [2.45, 2.75) is 38.6 Å². The molecule has 0 amide bonds. The van der Waals surface area contributed by atoms with Crippen LogP contribution < -0.4 is 11.1 Å². The molecule has 1 fully saturated rings. The lowest BCUT2D eigenvalue weighted by Gasteiger charge is -2.14. The summed E-state index contributed by atoms with van der Waals surface area (Å²) < 4.78 is 5.42. The highest BCUT2D eigenvalue weighted by Crippen LogP contribution is 2.27. The van der Waals surface area contributed by atoms with Crippen molar-refractivity contribution < 1.29 is 4.42 Å². The number of hydrogen-bond acceptors (Lipinski definition) is 5. The zero-order valence-electron chi connectivity index (χ0n) is 9.07. The molecule has 5 heteroatoms. The van der Waals surface area contributed by atoms with Gasteiger partial charge in [-0.25, -0.2) is 0 Å². The predicted octanol–water partition coefficient (Wildman–Crippen LogP) is 1.17. The van der Waals surface area contributed by atoms with Gasteiger partial charge in [-0.05, 0) is 18.8 Å². The molecule has 0 spiro atoms. The van der Waals surface area contributed by atoms with E-state index < -0.39 is 0 Å². The highest BCUT2D eigenvalue weighted by Gasteiger charge is 2.24. The second kappa shape index (κ2) is 4.61. The predicted molar refractivity (Wildman–Crippen MR) is 57.5 cm³/mol. The van der Waals surface area contributed by atoms with Crippen LogP contribution in [0.1, 0.15) is 32.1 Å². The molecule has 1 aliphatic carbocycles. The molecule has 0 aromatic carbocycles. The van der Waals surface area contributed by atoms with Gasteiger partial charge in [0, 0.05) is 19.0 Å². The molecule has 0 aliphatic heterocycles. The largest absolute Gasteiger partial charge is 0.408 e. The SMILES string of the molecule is CC1CCCC1Nc1nnc(CCN)o1. The van der Waals surface area contributed by atoms with Crippen molar-refractivity contribution in [1.82, 2.24) is 10.2 Å². The first-order chi connectivity index (χ1) is 7.29. The summed E-state index contributed by atoms with van der Waals surface area (Å²) in [4.78, 5) is 0. The van der Waals surface area contributed by atoms with Crippen molar-refractivity contribution in [2.24, 2.45) is 11.7 Å². The topological polar surface area (TPSA) is 77.0 Å². The summed E-state index contributed by atoms with van der Waals surface area (Å²) in [6, 6.07) is 1.02. The number of aromatic nitrogens is 2. The van der Waals surface area contributed by atoms with Crippen molar-refractivity contribution in [3.8, 4) is 0 Å². The molecule has 0 bridgehead atoms. The molecule has 5 nitrogen and oxygen atoms in total. The Hall–Kier alpha value is -1.10. The van der Waals surface area contributed by atoms with E-state index in [2.05, 4.69) is 22.4 Å². The normalized spacial score (nSPS) is 25.7. The molecule has 2 atom stereocenters. The average Bonchev–Trinajstić information content (AvgIpc) is 2.79. The molecule has 2 unspecified atom stereocenters. The Labute approximate surface area is 89.4 Å². The first kappa shape index (κ1) is 10.4. The quantitative estimate of drug-likeness (QED) is 0.780. The van der Waals surface area contributed by atoms with Gasteiger partial charge in [0.2, 0.25) is 5.89 Å². The Balaban J connectivity index is 1.92. The molecule has 15 heavy (non-hydrogen) atoms. The van der Waals surface area contributed by atoms with E-state index in [1.165, 1.54) is 19.3 Å². The molecular formula is C10H18N4O. The average molecular weight is 210 g/mol. The zero-order chi connectivity index (χ0) is 10.7. The van der Waals surface area contributed by atoms with Gasteiger partial charge < -0.3 is 15.5 Å². The zero-order valence-corrected chi connectivity index (χ0v) is 9.07. The van der Waals surface area contributed by atoms with Gasteiger partial charge in [-0.1, -0.05) is 18.4 Å². The number of hydrogen-bond donors (Lipinski definition) is 2. The van der Waals surface area contributed by atoms with Gasteiger partial charge in [0.25, 0.3) is 0 Å². The lowest BCUT2D eigenvalue weighted by Crippen LogP contribution is -2.21. The lowest BCUT2D eigenvalue weighted by molar-refractivity contribution is 0.482. The Morgan fingerprint density at radius 3 is 3.00 bits per heavy atom. The summed E-state index contributed by atoms with van der Waals surface area (Å²) in [7, 11) is 0. The Morgan fingerprint density at radius 2 is 2.33 bits per heavy atom. The molecule has 0 radical (unpaired) electrons. The maximum absolute atomic E-state index is 5.42. The van der Waals surface area contributed by atoms with E-state index >= 15 is 0 Å². The van der Waals surface area contributed by atoms with Gasteiger partial charge in [-0.2, -0.15) is 0 Å². The minimum atomic E-state index is 0.483. The van der Waals surface area contributed by atoms with E-state index in [0.29, 0.717) is 36.8 Å². The maximum Gasteiger partial charge on any atom is 0.315 e. The third-order valence-corrected chi connectivity index (χ3v) is 3.00. The third-order valence-electron chi connectivity index (χ3n) is 3.00. The fourth-order valence-electron chi connectivity index (χ4n) is 2.05. The van der Waals surface area contributed by atoms with Crippen LogP contribution in [0.4, 0.5) is 6.01 Å². The summed E-state index contributed by atoms with van der Waals surface area (Å²) in [6.45, 7) is 2.79. The molecule has 1 aliphatic rings. The summed E-state index contributed by atoms with van der Waals surface area (Å²) in [5.74, 6) is 1.31. The Morgan fingerprint density at radius 1 is 1.47 bits per heavy atom. The van der Waals surface area contributed by atoms with Crippen molar-refractivity contribution in [3.05, 3.63) is 5.89 Å². The molecule has 1 aromatic rings. The van der Waals surface area contributed by atoms with Gasteiger partial charge in [0.1, 0.15) is 0 Å². The molecular weight excluding hydrogens is 192 g/mol. The lowest BCUT2D eigenvalue weighted by atomic mass is 10.1. The summed E-state index contributed by atoms with van der Waals surface area (Å²) >= 11 is 0. The molecule has 1 aromatic heterocycles. The van der Waals surface area contributed by atoms with Gasteiger partial charge >= 0.3 is 6.01 Å². The number of rotatable bonds is 4. The number of nitrogens with two attached hydrogens (primary N) is 1. The van der Waals surface area contributed by atoms with Crippen molar-refractivity contribution in [2.75, 3.05) is 11.9 Å². The summed E-state index contributed by atoms with van der Waals surface area (Å²) in [5, 5.41) is 11.2. The van der Waals surface area contributed by atoms with Crippen LogP contribution in [-0.2, 0) is 6.42 Å². The van der Waals surface area contributed by atoms with E-state index in [0.717, 1.165) is 0 Å². The second-order valence-electron chi connectivity index (χ2n) is 4.20. The highest BCUT2D eigenvalue weighted by atomic mass is 16.4. The van der Waals surface area contributed by atoms with Crippen LogP contribution in [0.25, 0.3) is 0 Å². The van der Waals surface area contributed by atoms with Crippen LogP contribution in [-0.4, -0.2) is 22.8 Å². The first-order valence-electron chi connectivity index (χ1n) is 5.58. The minimum absolute atomic E-state index is 0.483. The minimum Gasteiger partial charge on any atom is -0.408 e. The number of anilines is 1. The van der Waals surface area contributed by atoms with E-state index in [4.69, 9.17) is 10.2 Å². The van der Waals surface area contributed by atoms with E-state index in [-0.39, 0.29) is 0 Å². The van der Waals surface area contributed by atoms with Gasteiger partial charge in [0.05, 0.1) is 0 Å². The molecule has 3 N–H and O–H groups in total. The standard InChI is InChI=1S/C10H18N4O/c1-7-3-2-4-8(7)12-10-14-13-9(15-10)5-6-11/h7-8H,2-6,11H2,1H3,(H,12,14). The molecule has 0 saturated heterocycles. The third kappa shape index (κ3) is 2.47. The number of nitrogens with zero attached hydrogens (tertiary/aromatic N) is 2. The second-order valence-corrected chi connectivity index (χ2v) is 4.20. The molecule has 1 heterocycles. The number of nitrogens with one attached hydrogen (secondary N) is 1. The van der Waals surface area contributed by atoms with Crippen molar-refractivity contribution in [1.29, 1.82) is 0 Å². The molecule has 2 rings (SSSR count). The van der Waals surface area contributed by atoms with Crippen LogP contribution in [0.2, 0.25) is 0 Å². The van der Waals surface area contributed by atoms with Crippen molar-refractivity contribution >= 4 is 6.01 Å². The van der Waals surface area contributed by atoms with E-state index in [9.17, 15) is 0 Å². The van der Waals surface area contributed by atoms with E-state index in [1.807, 2.05) is 0 Å². The molecule has 1 saturated carbocycles. The van der Waals surface area contributed by atoms with Crippen molar-refractivity contribution in [3.63, 3.8) is 0 Å². The highest BCUT2D eigenvalue weighted by molar-refractivity contribution is 5.20. The van der Waals surface area contributed by atoms with Crippen LogP contribution in [0, 0.1) is 5.92 Å². The summed E-state index contributed by atoms with van der Waals surface area (Å²) in [6.07, 6.45) is 4.40. The smallest absolute Gasteiger partial charge is 0.315 e. The van der Waals surface area contributed by atoms with E-state index in [1.54, 1.807) is 0 Å². The van der Waals surface area contributed by atoms with Gasteiger partial charge in [0.15, 0.2) is 0 Å². The first-order valence-corrected chi connectivity index (χ1v) is 5.58. The Bertz CT molecular complexity index is 312. The van der Waals surface area contributed by atoms with Crippen LogP contribution in [0.5, 0.6) is 0 Å². The summed E-state index contributed by atoms with van der Waals surface area (Å²) in [5.41, 5.74) is 5.41. The fraction of sp³-hybridized carbons (Fsp3) is 0.800. The maximum atomic E-state index is 5.42. The van der Waals surface area contributed by atoms with Crippen LogP contribution in [0.3, 0.4) is 0 Å². The molecule has 84 valence electrons. The monoisotopic (exact) mass is 210 g/mol. The van der Waals surface area contributed by atoms with Gasteiger partial charge in [-0.15, -0.1) is 5.10 Å². The Kier molecular flexibility index (Phi) is 3.20. The van der Waals surface area contributed by atoms with Crippen LogP contribution in [0.15, 0.2) is 4.42 Å². The van der Waals surface area contributed by atoms with Crippen LogP contribution >= 0.6 is 0 Å². The fourth-order valence-corrected chi connectivity index (χ4v) is 2.05.